The molecule has 1 fully saturated rings. The fourth-order valence-electron chi connectivity index (χ4n) is 3.63. The number of Topliss-reactive ketones (excluding diaryl/α,β-unsaturated/α-hetero) is 1. The number of hydrogen-bond donors (Lipinski definition) is 1. The maximum Gasteiger partial charge on any atom is 0.159 e. The fourth-order valence-corrected chi connectivity index (χ4v) is 3.63. The minimum atomic E-state index is 0.0929. The number of hydrogen-bond acceptors (Lipinski definition) is 4. The number of methoxy groups -OCH3 is 1. The second kappa shape index (κ2) is 8.91. The molecule has 2 aromatic rings. The van der Waals surface area contributed by atoms with Gasteiger partial charge in [-0.25, -0.2) is 0 Å². The smallest absolute Gasteiger partial charge is 0.159 e. The van der Waals surface area contributed by atoms with E-state index in [1.807, 2.05) is 37.3 Å². The van der Waals surface area contributed by atoms with Crippen LogP contribution < -0.4 is 19.3 Å². The van der Waals surface area contributed by atoms with Crippen molar-refractivity contribution in [2.45, 2.75) is 20.4 Å². The molecule has 5 heteroatoms. The van der Waals surface area contributed by atoms with Gasteiger partial charge in [-0.1, -0.05) is 12.1 Å². The van der Waals surface area contributed by atoms with Crippen LogP contribution in [0.3, 0.4) is 0 Å². The molecule has 0 unspecified atom stereocenters. The van der Waals surface area contributed by atoms with E-state index in [-0.39, 0.29) is 5.78 Å². The highest BCUT2D eigenvalue weighted by Gasteiger charge is 2.23. The Morgan fingerprint density at radius 3 is 2.52 bits per heavy atom. The monoisotopic (exact) mass is 369 g/mol. The molecule has 0 amide bonds. The molecule has 0 saturated carbocycles. The van der Waals surface area contributed by atoms with Gasteiger partial charge in [-0.3, -0.25) is 4.79 Å². The molecule has 1 heterocycles. The molecule has 144 valence electrons. The molecular formula is C22H29N2O3+. The molecular weight excluding hydrogens is 340 g/mol. The Kier molecular flexibility index (Phi) is 6.35. The predicted molar refractivity (Wildman–Crippen MR) is 107 cm³/mol. The van der Waals surface area contributed by atoms with Crippen LogP contribution in [0.1, 0.15) is 29.8 Å². The summed E-state index contributed by atoms with van der Waals surface area (Å²) in [6.45, 7) is 9.12. The summed E-state index contributed by atoms with van der Waals surface area (Å²) >= 11 is 0. The van der Waals surface area contributed by atoms with Gasteiger partial charge in [-0.05, 0) is 44.2 Å². The highest BCUT2D eigenvalue weighted by molar-refractivity contribution is 5.94. The highest BCUT2D eigenvalue weighted by atomic mass is 16.5. The summed E-state index contributed by atoms with van der Waals surface area (Å²) in [5.74, 6) is 1.91. The van der Waals surface area contributed by atoms with Crippen molar-refractivity contribution in [3.63, 3.8) is 0 Å². The van der Waals surface area contributed by atoms with Crippen molar-refractivity contribution in [1.29, 1.82) is 0 Å². The van der Waals surface area contributed by atoms with E-state index in [4.69, 9.17) is 9.47 Å². The first-order valence-corrected chi connectivity index (χ1v) is 9.60. The summed E-state index contributed by atoms with van der Waals surface area (Å²) in [7, 11) is 1.72. The zero-order valence-electron chi connectivity index (χ0n) is 16.5. The largest absolute Gasteiger partial charge is 0.495 e. The summed E-state index contributed by atoms with van der Waals surface area (Å²) in [5.41, 5.74) is 3.03. The molecule has 0 radical (unpaired) electrons. The normalized spacial score (nSPS) is 14.9. The zero-order chi connectivity index (χ0) is 19.2. The van der Waals surface area contributed by atoms with Gasteiger partial charge in [0.1, 0.15) is 18.0 Å². The summed E-state index contributed by atoms with van der Waals surface area (Å²) in [6.07, 6.45) is 0. The van der Waals surface area contributed by atoms with Crippen molar-refractivity contribution in [1.82, 2.24) is 0 Å². The number of quaternary nitrogens is 1. The number of ether oxygens (including phenoxy) is 2. The van der Waals surface area contributed by atoms with Crippen LogP contribution in [0.25, 0.3) is 0 Å². The Labute approximate surface area is 161 Å². The molecule has 2 aromatic carbocycles. The van der Waals surface area contributed by atoms with E-state index in [9.17, 15) is 4.79 Å². The Morgan fingerprint density at radius 1 is 1.11 bits per heavy atom. The quantitative estimate of drug-likeness (QED) is 0.760. The number of benzene rings is 2. The van der Waals surface area contributed by atoms with Crippen LogP contribution in [0.4, 0.5) is 5.69 Å². The lowest BCUT2D eigenvalue weighted by molar-refractivity contribution is -0.914. The Balaban J connectivity index is 1.68. The first-order valence-electron chi connectivity index (χ1n) is 9.60. The lowest BCUT2D eigenvalue weighted by atomic mass is 10.1. The van der Waals surface area contributed by atoms with Crippen molar-refractivity contribution < 1.29 is 19.2 Å². The third-order valence-corrected chi connectivity index (χ3v) is 5.10. The van der Waals surface area contributed by atoms with Crippen LogP contribution in [-0.4, -0.2) is 45.7 Å². The average Bonchev–Trinajstić information content (AvgIpc) is 2.70. The molecule has 0 atom stereocenters. The molecule has 0 aliphatic carbocycles. The van der Waals surface area contributed by atoms with Crippen molar-refractivity contribution in [2.24, 2.45) is 0 Å². The van der Waals surface area contributed by atoms with Gasteiger partial charge in [0.2, 0.25) is 0 Å². The standard InChI is InChI=1S/C22H28N2O3/c1-4-27-21-10-9-18(17(2)25)15-19(21)16-23-11-13-24(14-12-23)20-7-5-6-8-22(20)26-3/h5-10,15H,4,11-14,16H2,1-3H3/p+1. The number of para-hydroxylation sites is 2. The molecule has 1 N–H and O–H groups in total. The number of carbonyl (C=O) groups excluding carboxylic acids is 1. The number of nitrogens with zero attached hydrogens (tertiary/aromatic N) is 1. The summed E-state index contributed by atoms with van der Waals surface area (Å²) in [4.78, 5) is 15.6. The van der Waals surface area contributed by atoms with Crippen molar-refractivity contribution in [2.75, 3.05) is 44.8 Å². The van der Waals surface area contributed by atoms with Crippen LogP contribution in [0.15, 0.2) is 42.5 Å². The number of carbonyl (C=O) groups is 1. The minimum absolute atomic E-state index is 0.0929. The van der Waals surface area contributed by atoms with E-state index < -0.39 is 0 Å². The number of nitrogens with one attached hydrogen (secondary N) is 1. The lowest BCUT2D eigenvalue weighted by Crippen LogP contribution is -3.13. The predicted octanol–water partition coefficient (Wildman–Crippen LogP) is 2.20. The average molecular weight is 369 g/mol. The third kappa shape index (κ3) is 4.61. The SMILES string of the molecule is CCOc1ccc(C(C)=O)cc1C[NH+]1CCN(c2ccccc2OC)CC1. The number of ketones is 1. The van der Waals surface area contributed by atoms with Crippen LogP contribution in [0.5, 0.6) is 11.5 Å². The van der Waals surface area contributed by atoms with Gasteiger partial charge >= 0.3 is 0 Å². The molecule has 1 aliphatic heterocycles. The Bertz CT molecular complexity index is 783. The van der Waals surface area contributed by atoms with E-state index in [0.717, 1.165) is 61.0 Å². The fraction of sp³-hybridized carbons (Fsp3) is 0.409. The number of rotatable bonds is 7. The van der Waals surface area contributed by atoms with Crippen molar-refractivity contribution in [3.8, 4) is 11.5 Å². The third-order valence-electron chi connectivity index (χ3n) is 5.10. The van der Waals surface area contributed by atoms with Gasteiger partial charge in [-0.15, -0.1) is 0 Å². The van der Waals surface area contributed by atoms with Gasteiger partial charge < -0.3 is 19.3 Å². The summed E-state index contributed by atoms with van der Waals surface area (Å²) in [5, 5.41) is 0. The zero-order valence-corrected chi connectivity index (χ0v) is 16.5. The summed E-state index contributed by atoms with van der Waals surface area (Å²) in [6, 6.07) is 14.0. The second-order valence-corrected chi connectivity index (χ2v) is 6.90. The van der Waals surface area contributed by atoms with Crippen LogP contribution in [0.2, 0.25) is 0 Å². The van der Waals surface area contributed by atoms with Gasteiger partial charge in [0.25, 0.3) is 0 Å². The van der Waals surface area contributed by atoms with Crippen LogP contribution >= 0.6 is 0 Å². The maximum atomic E-state index is 11.8. The van der Waals surface area contributed by atoms with E-state index in [1.54, 1.807) is 14.0 Å². The molecule has 1 saturated heterocycles. The van der Waals surface area contributed by atoms with Crippen molar-refractivity contribution >= 4 is 11.5 Å². The second-order valence-electron chi connectivity index (χ2n) is 6.90. The van der Waals surface area contributed by atoms with Crippen LogP contribution in [0, 0.1) is 0 Å². The van der Waals surface area contributed by atoms with Gasteiger partial charge in [-0.2, -0.15) is 0 Å². The van der Waals surface area contributed by atoms with E-state index in [0.29, 0.717) is 6.61 Å². The molecule has 1 aliphatic rings. The molecule has 5 nitrogen and oxygen atoms in total. The first-order chi connectivity index (χ1) is 13.1. The molecule has 0 aromatic heterocycles. The number of piperazine rings is 1. The molecule has 0 bridgehead atoms. The Hall–Kier alpha value is -2.53. The van der Waals surface area contributed by atoms with E-state index in [2.05, 4.69) is 17.0 Å². The van der Waals surface area contributed by atoms with Gasteiger partial charge in [0.15, 0.2) is 5.78 Å². The molecule has 27 heavy (non-hydrogen) atoms. The topological polar surface area (TPSA) is 43.2 Å². The Morgan fingerprint density at radius 2 is 1.85 bits per heavy atom. The highest BCUT2D eigenvalue weighted by Crippen LogP contribution is 2.27. The van der Waals surface area contributed by atoms with Gasteiger partial charge in [0, 0.05) is 11.1 Å². The summed E-state index contributed by atoms with van der Waals surface area (Å²) < 4.78 is 11.3. The first kappa shape index (κ1) is 19.2. The van der Waals surface area contributed by atoms with Gasteiger partial charge in [0.05, 0.1) is 45.6 Å². The van der Waals surface area contributed by atoms with E-state index >= 15 is 0 Å². The molecule has 3 rings (SSSR count). The maximum absolute atomic E-state index is 11.8. The van der Waals surface area contributed by atoms with E-state index in [1.165, 1.54) is 4.90 Å². The lowest BCUT2D eigenvalue weighted by Gasteiger charge is -2.34. The molecule has 0 spiro atoms. The van der Waals surface area contributed by atoms with Crippen LogP contribution in [-0.2, 0) is 6.54 Å². The van der Waals surface area contributed by atoms with Crippen molar-refractivity contribution in [3.05, 3.63) is 53.6 Å². The number of anilines is 1. The minimum Gasteiger partial charge on any atom is -0.495 e.